The van der Waals surface area contributed by atoms with Crippen LogP contribution in [0.5, 0.6) is 0 Å². The highest BCUT2D eigenvalue weighted by Gasteiger charge is 2.55. The Bertz CT molecular complexity index is 1020. The number of allylic oxidation sites excluding steroid dienone is 4. The lowest BCUT2D eigenvalue weighted by molar-refractivity contribution is -0.170. The number of ether oxygens (including phenoxy) is 2. The second-order valence-electron chi connectivity index (χ2n) is 8.64. The Labute approximate surface area is 186 Å². The molecule has 170 valence electrons. The van der Waals surface area contributed by atoms with Crippen molar-refractivity contribution in [3.63, 3.8) is 0 Å². The second kappa shape index (κ2) is 8.18. The molecule has 0 saturated carbocycles. The maximum atomic E-state index is 13.5. The van der Waals surface area contributed by atoms with Gasteiger partial charge in [-0.05, 0) is 44.9 Å². The molecule has 0 radical (unpaired) electrons. The monoisotopic (exact) mass is 441 g/mol. The first-order chi connectivity index (χ1) is 15.2. The molecule has 4 aliphatic rings. The number of carbonyl (C=O) groups is 3. The third kappa shape index (κ3) is 3.53. The summed E-state index contributed by atoms with van der Waals surface area (Å²) in [6.07, 6.45) is 8.26. The van der Waals surface area contributed by atoms with Crippen LogP contribution in [-0.2, 0) is 23.9 Å². The Balaban J connectivity index is 1.79. The van der Waals surface area contributed by atoms with E-state index in [4.69, 9.17) is 9.47 Å². The first-order valence-electron chi connectivity index (χ1n) is 10.7. The zero-order valence-electron chi connectivity index (χ0n) is 18.3. The summed E-state index contributed by atoms with van der Waals surface area (Å²) in [5.74, 6) is -1.59. The van der Waals surface area contributed by atoms with Crippen molar-refractivity contribution in [2.75, 3.05) is 6.54 Å². The Hall–Kier alpha value is -2.97. The predicted molar refractivity (Wildman–Crippen MR) is 114 cm³/mol. The maximum absolute atomic E-state index is 13.5. The number of ketones is 2. The fraction of sp³-hybridized carbons (Fsp3) is 0.458. The minimum atomic E-state index is -2.00. The van der Waals surface area contributed by atoms with Crippen molar-refractivity contribution in [2.24, 2.45) is 0 Å². The Morgan fingerprint density at radius 3 is 2.81 bits per heavy atom. The van der Waals surface area contributed by atoms with Gasteiger partial charge in [0.15, 0.2) is 0 Å². The molecule has 5 atom stereocenters. The first kappa shape index (κ1) is 22.2. The number of piperidine rings is 1. The van der Waals surface area contributed by atoms with Crippen LogP contribution in [0.2, 0.25) is 0 Å². The zero-order valence-corrected chi connectivity index (χ0v) is 18.3. The smallest absolute Gasteiger partial charge is 0.309 e. The summed E-state index contributed by atoms with van der Waals surface area (Å²) in [7, 11) is 0. The summed E-state index contributed by atoms with van der Waals surface area (Å²) in [6, 6.07) is -0.318. The number of rotatable bonds is 5. The summed E-state index contributed by atoms with van der Waals surface area (Å²) in [6.45, 7) is 5.10. The van der Waals surface area contributed by atoms with Crippen LogP contribution < -0.4 is 0 Å². The van der Waals surface area contributed by atoms with E-state index in [0.29, 0.717) is 29.9 Å². The number of carbonyl (C=O) groups excluding carboxylic acids is 3. The predicted octanol–water partition coefficient (Wildman–Crippen LogP) is 1.26. The van der Waals surface area contributed by atoms with Crippen LogP contribution in [-0.4, -0.2) is 69.1 Å². The molecule has 2 N–H and O–H groups in total. The van der Waals surface area contributed by atoms with Crippen LogP contribution in [0.25, 0.3) is 0 Å². The molecule has 8 heteroatoms. The molecular weight excluding hydrogens is 414 g/mol. The van der Waals surface area contributed by atoms with E-state index in [-0.39, 0.29) is 18.0 Å². The van der Waals surface area contributed by atoms with E-state index in [1.807, 2.05) is 24.0 Å². The van der Waals surface area contributed by atoms with Gasteiger partial charge in [0.25, 0.3) is 0 Å². The summed E-state index contributed by atoms with van der Waals surface area (Å²) >= 11 is 0. The standard InChI is InChI=1S/C24H27NO7/c1-4-5-6-7-17-20-14-11-18(28)24(3,32-19(29)10-13(2)26)23(30)15(14)12-25-9-8-16(27)22(31-17)21(20)25/h4-7,11-13,16,21-22,26-27H,8-10H2,1-3H3/b5-4+,7-6+/t13?,16-,21+,22-,24?/m1/s1. The van der Waals surface area contributed by atoms with Crippen molar-refractivity contribution in [1.29, 1.82) is 0 Å². The van der Waals surface area contributed by atoms with E-state index in [0.717, 1.165) is 0 Å². The van der Waals surface area contributed by atoms with Crippen LogP contribution >= 0.6 is 0 Å². The van der Waals surface area contributed by atoms with E-state index < -0.39 is 41.4 Å². The summed E-state index contributed by atoms with van der Waals surface area (Å²) < 4.78 is 11.4. The number of hydrogen-bond acceptors (Lipinski definition) is 8. The third-order valence-electron chi connectivity index (χ3n) is 6.19. The van der Waals surface area contributed by atoms with Crippen molar-refractivity contribution in [3.05, 3.63) is 59.1 Å². The minimum absolute atomic E-state index is 0.265. The molecule has 0 aromatic heterocycles. The van der Waals surface area contributed by atoms with E-state index in [9.17, 15) is 24.6 Å². The molecule has 32 heavy (non-hydrogen) atoms. The molecule has 8 nitrogen and oxygen atoms in total. The van der Waals surface area contributed by atoms with E-state index in [1.165, 1.54) is 19.9 Å². The van der Waals surface area contributed by atoms with Crippen molar-refractivity contribution in [2.45, 2.75) is 63.6 Å². The molecule has 1 fully saturated rings. The number of esters is 1. The molecule has 0 aromatic carbocycles. The number of hydrogen-bond donors (Lipinski definition) is 2. The average Bonchev–Trinajstić information content (AvgIpc) is 3.11. The van der Waals surface area contributed by atoms with Crippen LogP contribution in [0.3, 0.4) is 0 Å². The molecule has 0 spiro atoms. The highest BCUT2D eigenvalue weighted by Crippen LogP contribution is 2.47. The molecule has 3 aliphatic heterocycles. The molecule has 0 amide bonds. The van der Waals surface area contributed by atoms with Crippen molar-refractivity contribution < 1.29 is 34.1 Å². The Morgan fingerprint density at radius 1 is 1.38 bits per heavy atom. The van der Waals surface area contributed by atoms with E-state index >= 15 is 0 Å². The van der Waals surface area contributed by atoms with Crippen molar-refractivity contribution in [1.82, 2.24) is 4.90 Å². The van der Waals surface area contributed by atoms with Crippen LogP contribution in [0, 0.1) is 0 Å². The third-order valence-corrected chi connectivity index (χ3v) is 6.19. The van der Waals surface area contributed by atoms with Gasteiger partial charge in [-0.1, -0.05) is 18.2 Å². The van der Waals surface area contributed by atoms with Crippen LogP contribution in [0.4, 0.5) is 0 Å². The van der Waals surface area contributed by atoms with Gasteiger partial charge in [0.05, 0.1) is 24.7 Å². The molecule has 1 saturated heterocycles. The maximum Gasteiger partial charge on any atom is 0.309 e. The number of fused-ring (bicyclic) bond motifs is 2. The first-order valence-corrected chi connectivity index (χ1v) is 10.7. The molecule has 3 heterocycles. The molecule has 2 unspecified atom stereocenters. The lowest BCUT2D eigenvalue weighted by Crippen LogP contribution is -2.56. The highest BCUT2D eigenvalue weighted by atomic mass is 16.6. The SMILES string of the molecule is C/C=C/C=C/C1=C2C3=CC(=O)C(C)(OC(=O)CC(C)O)C(=O)C3=CN3CC[C@@H](O)[C@@H](O1)[C@H]23. The van der Waals surface area contributed by atoms with Gasteiger partial charge in [-0.3, -0.25) is 14.4 Å². The minimum Gasteiger partial charge on any atom is -0.485 e. The number of aliphatic hydroxyl groups excluding tert-OH is 2. The fourth-order valence-corrected chi connectivity index (χ4v) is 4.59. The summed E-state index contributed by atoms with van der Waals surface area (Å²) in [5, 5.41) is 20.0. The second-order valence-corrected chi connectivity index (χ2v) is 8.64. The Kier molecular flexibility index (Phi) is 5.68. The Morgan fingerprint density at radius 2 is 2.12 bits per heavy atom. The molecule has 0 bridgehead atoms. The normalized spacial score (nSPS) is 32.5. The van der Waals surface area contributed by atoms with Gasteiger partial charge in [-0.15, -0.1) is 0 Å². The van der Waals surface area contributed by atoms with Crippen LogP contribution in [0.15, 0.2) is 59.1 Å². The molecular formula is C24H27NO7. The van der Waals surface area contributed by atoms with Gasteiger partial charge in [-0.2, -0.15) is 0 Å². The average molecular weight is 441 g/mol. The fourth-order valence-electron chi connectivity index (χ4n) is 4.59. The summed E-state index contributed by atoms with van der Waals surface area (Å²) in [4.78, 5) is 40.6. The quantitative estimate of drug-likeness (QED) is 0.372. The highest BCUT2D eigenvalue weighted by molar-refractivity contribution is 6.26. The lowest BCUT2D eigenvalue weighted by Gasteiger charge is -2.44. The topological polar surface area (TPSA) is 113 Å². The number of Topliss-reactive ketones (excluding diaryl/α,β-unsaturated/α-hetero) is 1. The van der Waals surface area contributed by atoms with Gasteiger partial charge >= 0.3 is 5.97 Å². The zero-order chi connectivity index (χ0) is 23.2. The van der Waals surface area contributed by atoms with Gasteiger partial charge in [-0.25, -0.2) is 0 Å². The van der Waals surface area contributed by atoms with Crippen molar-refractivity contribution in [3.8, 4) is 0 Å². The van der Waals surface area contributed by atoms with Crippen molar-refractivity contribution >= 4 is 17.5 Å². The van der Waals surface area contributed by atoms with Gasteiger partial charge in [0.1, 0.15) is 11.9 Å². The van der Waals surface area contributed by atoms with Gasteiger partial charge < -0.3 is 24.6 Å². The molecule has 0 aromatic rings. The molecule has 4 rings (SSSR count). The van der Waals surface area contributed by atoms with Gasteiger partial charge in [0, 0.05) is 23.9 Å². The van der Waals surface area contributed by atoms with Crippen LogP contribution in [0.1, 0.15) is 33.6 Å². The van der Waals surface area contributed by atoms with E-state index in [2.05, 4.69) is 0 Å². The van der Waals surface area contributed by atoms with E-state index in [1.54, 1.807) is 18.4 Å². The lowest BCUT2D eigenvalue weighted by atomic mass is 9.73. The molecule has 1 aliphatic carbocycles. The number of nitrogens with zero attached hydrogens (tertiary/aromatic N) is 1. The number of aliphatic hydroxyl groups is 2. The van der Waals surface area contributed by atoms with Gasteiger partial charge in [0.2, 0.25) is 17.2 Å². The largest absolute Gasteiger partial charge is 0.485 e. The summed E-state index contributed by atoms with van der Waals surface area (Å²) in [5.41, 5.74) is -0.627.